The van der Waals surface area contributed by atoms with E-state index < -0.39 is 6.10 Å². The summed E-state index contributed by atoms with van der Waals surface area (Å²) in [6, 6.07) is 0. The third-order valence-electron chi connectivity index (χ3n) is 14.0. The van der Waals surface area contributed by atoms with E-state index in [4.69, 9.17) is 14.2 Å². The summed E-state index contributed by atoms with van der Waals surface area (Å²) in [6.07, 6.45) is 92.3. The van der Waals surface area contributed by atoms with Crippen molar-refractivity contribution >= 4 is 17.9 Å². The molecule has 0 aromatic heterocycles. The largest absolute Gasteiger partial charge is 0.462 e. The van der Waals surface area contributed by atoms with E-state index in [9.17, 15) is 14.4 Å². The van der Waals surface area contributed by atoms with Gasteiger partial charge in [0.25, 0.3) is 0 Å². The Bertz CT molecular complexity index is 1640. The monoisotopic (exact) mass is 1090 g/mol. The van der Waals surface area contributed by atoms with Gasteiger partial charge in [0.1, 0.15) is 13.2 Å². The zero-order valence-corrected chi connectivity index (χ0v) is 51.6. The second-order valence-electron chi connectivity index (χ2n) is 21.6. The van der Waals surface area contributed by atoms with Crippen LogP contribution in [-0.2, 0) is 28.6 Å². The Morgan fingerprint density at radius 2 is 0.494 bits per heavy atom. The Morgan fingerprint density at radius 1 is 0.266 bits per heavy atom. The SMILES string of the molecule is CC/C=C\C/C=C\C/C=C\C/C=C\C/C=C\CCCCCCCCCCCCCCCC(=O)OCC(COC(=O)CCCCCCCCC)OC(=O)CCCCCCCCCCC/C=C\C/C=C\C/C=C\C/C=C\C/C=C\CC. The van der Waals surface area contributed by atoms with Gasteiger partial charge < -0.3 is 14.2 Å². The average molecular weight is 1100 g/mol. The summed E-state index contributed by atoms with van der Waals surface area (Å²) in [4.78, 5) is 38.1. The molecular formula is C73H122O6. The van der Waals surface area contributed by atoms with Crippen molar-refractivity contribution < 1.29 is 28.6 Å². The molecule has 0 amide bonds. The van der Waals surface area contributed by atoms with Gasteiger partial charge in [0.05, 0.1) is 0 Å². The molecule has 0 heterocycles. The van der Waals surface area contributed by atoms with E-state index in [1.165, 1.54) is 135 Å². The summed E-state index contributed by atoms with van der Waals surface area (Å²) in [5, 5.41) is 0. The van der Waals surface area contributed by atoms with Gasteiger partial charge in [0.2, 0.25) is 0 Å². The van der Waals surface area contributed by atoms with E-state index in [0.717, 1.165) is 128 Å². The smallest absolute Gasteiger partial charge is 0.306 e. The molecule has 6 nitrogen and oxygen atoms in total. The van der Waals surface area contributed by atoms with Gasteiger partial charge in [-0.3, -0.25) is 14.4 Å². The topological polar surface area (TPSA) is 78.9 Å². The van der Waals surface area contributed by atoms with Crippen molar-refractivity contribution in [3.05, 3.63) is 122 Å². The number of ether oxygens (including phenoxy) is 3. The van der Waals surface area contributed by atoms with Crippen molar-refractivity contribution in [3.63, 3.8) is 0 Å². The van der Waals surface area contributed by atoms with Crippen molar-refractivity contribution in [3.8, 4) is 0 Å². The first-order valence-corrected chi connectivity index (χ1v) is 33.0. The lowest BCUT2D eigenvalue weighted by Gasteiger charge is -2.18. The van der Waals surface area contributed by atoms with Crippen molar-refractivity contribution in [1.82, 2.24) is 0 Å². The van der Waals surface area contributed by atoms with Crippen LogP contribution in [0.2, 0.25) is 0 Å². The minimum atomic E-state index is -0.782. The van der Waals surface area contributed by atoms with E-state index in [-0.39, 0.29) is 31.1 Å². The molecule has 0 aliphatic carbocycles. The van der Waals surface area contributed by atoms with Gasteiger partial charge in [-0.05, 0) is 109 Å². The van der Waals surface area contributed by atoms with Gasteiger partial charge in [0, 0.05) is 19.3 Å². The molecule has 0 saturated carbocycles. The molecule has 0 fully saturated rings. The van der Waals surface area contributed by atoms with Gasteiger partial charge in [-0.1, -0.05) is 296 Å². The predicted octanol–water partition coefficient (Wildman–Crippen LogP) is 22.8. The standard InChI is InChI=1S/C73H122O6/c1-4-7-10-13-16-18-20-22-24-26-28-30-32-34-35-36-37-39-40-42-44-46-48-50-52-54-57-60-63-66-72(75)78-69-70(68-77-71(74)65-62-59-56-15-12-9-6-3)79-73(76)67-64-61-58-55-53-51-49-47-45-43-41-38-33-31-29-27-25-23-21-19-17-14-11-8-5-2/h7-8,10-11,16-19,22-25,28-31,34-35,38,41,70H,4-6,9,12-15,20-21,26-27,32-33,36-37,39-40,42-69H2,1-3H3/b10-7-,11-8-,18-16-,19-17-,24-22-,25-23-,30-28-,31-29-,35-34-,41-38-. The van der Waals surface area contributed by atoms with Gasteiger partial charge in [-0.2, -0.15) is 0 Å². The van der Waals surface area contributed by atoms with Crippen LogP contribution in [-0.4, -0.2) is 37.2 Å². The van der Waals surface area contributed by atoms with E-state index >= 15 is 0 Å². The van der Waals surface area contributed by atoms with Gasteiger partial charge >= 0.3 is 17.9 Å². The van der Waals surface area contributed by atoms with Crippen LogP contribution in [0.4, 0.5) is 0 Å². The molecule has 0 bridgehead atoms. The van der Waals surface area contributed by atoms with Crippen LogP contribution in [0.5, 0.6) is 0 Å². The normalized spacial score (nSPS) is 12.9. The Morgan fingerprint density at radius 3 is 0.772 bits per heavy atom. The number of unbranched alkanes of at least 4 members (excludes halogenated alkanes) is 28. The Balaban J connectivity index is 4.13. The molecule has 0 aliphatic rings. The number of esters is 3. The van der Waals surface area contributed by atoms with Gasteiger partial charge in [-0.15, -0.1) is 0 Å². The van der Waals surface area contributed by atoms with Crippen LogP contribution in [0.25, 0.3) is 0 Å². The van der Waals surface area contributed by atoms with Gasteiger partial charge in [-0.25, -0.2) is 0 Å². The fraction of sp³-hybridized carbons (Fsp3) is 0.685. The highest BCUT2D eigenvalue weighted by molar-refractivity contribution is 5.71. The lowest BCUT2D eigenvalue weighted by atomic mass is 10.0. The molecule has 79 heavy (non-hydrogen) atoms. The third kappa shape index (κ3) is 64.5. The highest BCUT2D eigenvalue weighted by Crippen LogP contribution is 2.16. The Labute approximate surface area is 488 Å². The number of hydrogen-bond acceptors (Lipinski definition) is 6. The van der Waals surface area contributed by atoms with Gasteiger partial charge in [0.15, 0.2) is 6.10 Å². The van der Waals surface area contributed by atoms with Crippen molar-refractivity contribution in [2.75, 3.05) is 13.2 Å². The van der Waals surface area contributed by atoms with E-state index in [1.54, 1.807) is 0 Å². The predicted molar refractivity (Wildman–Crippen MR) is 343 cm³/mol. The molecule has 1 unspecified atom stereocenters. The minimum absolute atomic E-state index is 0.0803. The maximum absolute atomic E-state index is 12.9. The molecule has 1 atom stereocenters. The zero-order valence-electron chi connectivity index (χ0n) is 51.6. The van der Waals surface area contributed by atoms with Crippen LogP contribution in [0, 0.1) is 0 Å². The Kier molecular flexibility index (Phi) is 62.8. The van der Waals surface area contributed by atoms with Crippen LogP contribution in [0.3, 0.4) is 0 Å². The second-order valence-corrected chi connectivity index (χ2v) is 21.6. The number of allylic oxidation sites excluding steroid dienone is 20. The number of rotatable bonds is 59. The molecule has 0 aromatic carbocycles. The first kappa shape index (κ1) is 74.8. The number of carbonyl (C=O) groups is 3. The quantitative estimate of drug-likeness (QED) is 0.0261. The summed E-state index contributed by atoms with van der Waals surface area (Å²) in [7, 11) is 0. The highest BCUT2D eigenvalue weighted by atomic mass is 16.6. The Hall–Kier alpha value is -4.19. The maximum atomic E-state index is 12.9. The first-order valence-electron chi connectivity index (χ1n) is 33.0. The highest BCUT2D eigenvalue weighted by Gasteiger charge is 2.19. The zero-order chi connectivity index (χ0) is 57.1. The van der Waals surface area contributed by atoms with E-state index in [0.29, 0.717) is 19.3 Å². The fourth-order valence-electron chi connectivity index (χ4n) is 9.09. The molecule has 6 heteroatoms. The molecule has 0 radical (unpaired) electrons. The molecule has 0 aromatic rings. The summed E-state index contributed by atoms with van der Waals surface area (Å²) in [5.74, 6) is -0.888. The van der Waals surface area contributed by atoms with Crippen LogP contribution < -0.4 is 0 Å². The summed E-state index contributed by atoms with van der Waals surface area (Å²) in [6.45, 7) is 6.38. The third-order valence-corrected chi connectivity index (χ3v) is 14.0. The molecule has 0 spiro atoms. The molecule has 0 N–H and O–H groups in total. The van der Waals surface area contributed by atoms with Crippen LogP contribution in [0.15, 0.2) is 122 Å². The lowest BCUT2D eigenvalue weighted by molar-refractivity contribution is -0.167. The van der Waals surface area contributed by atoms with Crippen molar-refractivity contribution in [2.24, 2.45) is 0 Å². The number of hydrogen-bond donors (Lipinski definition) is 0. The van der Waals surface area contributed by atoms with Crippen molar-refractivity contribution in [2.45, 2.75) is 309 Å². The molecule has 0 rings (SSSR count). The molecule has 0 saturated heterocycles. The first-order chi connectivity index (χ1) is 39.0. The summed E-state index contributed by atoms with van der Waals surface area (Å²) >= 11 is 0. The second kappa shape index (κ2) is 66.3. The van der Waals surface area contributed by atoms with E-state index in [1.807, 2.05) is 0 Å². The minimum Gasteiger partial charge on any atom is -0.462 e. The molecular weight excluding hydrogens is 973 g/mol. The number of carbonyl (C=O) groups excluding carboxylic acids is 3. The molecule has 0 aliphatic heterocycles. The van der Waals surface area contributed by atoms with Crippen molar-refractivity contribution in [1.29, 1.82) is 0 Å². The van der Waals surface area contributed by atoms with Crippen LogP contribution >= 0.6 is 0 Å². The summed E-state index contributed by atoms with van der Waals surface area (Å²) in [5.41, 5.74) is 0. The fourth-order valence-corrected chi connectivity index (χ4v) is 9.09. The van der Waals surface area contributed by atoms with Crippen LogP contribution in [0.1, 0.15) is 303 Å². The van der Waals surface area contributed by atoms with E-state index in [2.05, 4.69) is 142 Å². The lowest BCUT2D eigenvalue weighted by Crippen LogP contribution is -2.30. The maximum Gasteiger partial charge on any atom is 0.306 e. The average Bonchev–Trinajstić information content (AvgIpc) is 3.45. The summed E-state index contributed by atoms with van der Waals surface area (Å²) < 4.78 is 16.9. The molecule has 450 valence electrons.